The SMILES string of the molecule is COc1cc(/C=C/C(=O)O[C@H](C)C(=O)N(C)Cc2ccccc2)ccc1OC(F)F. The summed E-state index contributed by atoms with van der Waals surface area (Å²) in [6.45, 7) is -1.09. The van der Waals surface area contributed by atoms with Crippen molar-refractivity contribution in [3.63, 3.8) is 0 Å². The van der Waals surface area contributed by atoms with Crippen LogP contribution in [0.3, 0.4) is 0 Å². The second kappa shape index (κ2) is 10.9. The zero-order chi connectivity index (χ0) is 22.1. The average molecular weight is 419 g/mol. The highest BCUT2D eigenvalue weighted by Gasteiger charge is 2.20. The van der Waals surface area contributed by atoms with Gasteiger partial charge in [0.2, 0.25) is 0 Å². The van der Waals surface area contributed by atoms with Crippen LogP contribution in [-0.4, -0.2) is 43.6 Å². The molecule has 0 aliphatic rings. The fraction of sp³-hybridized carbons (Fsp3) is 0.273. The Kier molecular flexibility index (Phi) is 8.34. The lowest BCUT2D eigenvalue weighted by molar-refractivity contribution is -0.154. The predicted octanol–water partition coefficient (Wildman–Crippen LogP) is 3.90. The van der Waals surface area contributed by atoms with Crippen LogP contribution in [0.1, 0.15) is 18.1 Å². The van der Waals surface area contributed by atoms with Gasteiger partial charge in [0.25, 0.3) is 5.91 Å². The van der Waals surface area contributed by atoms with Crippen LogP contribution < -0.4 is 9.47 Å². The highest BCUT2D eigenvalue weighted by Crippen LogP contribution is 2.29. The van der Waals surface area contributed by atoms with Crippen LogP contribution in [0, 0.1) is 0 Å². The van der Waals surface area contributed by atoms with Gasteiger partial charge in [-0.25, -0.2) is 4.79 Å². The van der Waals surface area contributed by atoms with Gasteiger partial charge >= 0.3 is 12.6 Å². The van der Waals surface area contributed by atoms with Crippen LogP contribution >= 0.6 is 0 Å². The van der Waals surface area contributed by atoms with Gasteiger partial charge in [0.05, 0.1) is 7.11 Å². The summed E-state index contributed by atoms with van der Waals surface area (Å²) in [5.41, 5.74) is 1.46. The van der Waals surface area contributed by atoms with E-state index in [-0.39, 0.29) is 17.4 Å². The summed E-state index contributed by atoms with van der Waals surface area (Å²) in [7, 11) is 2.94. The number of carbonyl (C=O) groups excluding carboxylic acids is 2. The summed E-state index contributed by atoms with van der Waals surface area (Å²) in [4.78, 5) is 25.9. The number of ether oxygens (including phenoxy) is 3. The Morgan fingerprint density at radius 2 is 1.80 bits per heavy atom. The van der Waals surface area contributed by atoms with Gasteiger partial charge in [0.1, 0.15) is 0 Å². The molecule has 1 atom stereocenters. The normalized spacial score (nSPS) is 11.9. The van der Waals surface area contributed by atoms with Crippen LogP contribution in [0.5, 0.6) is 11.5 Å². The number of hydrogen-bond acceptors (Lipinski definition) is 5. The molecule has 0 aliphatic carbocycles. The minimum absolute atomic E-state index is 0.0944. The van der Waals surface area contributed by atoms with Gasteiger partial charge in [0, 0.05) is 19.7 Å². The van der Waals surface area contributed by atoms with Gasteiger partial charge in [-0.2, -0.15) is 8.78 Å². The van der Waals surface area contributed by atoms with Crippen LogP contribution in [0.15, 0.2) is 54.6 Å². The maximum atomic E-state index is 12.4. The Hall–Kier alpha value is -3.42. The van der Waals surface area contributed by atoms with E-state index in [4.69, 9.17) is 9.47 Å². The Balaban J connectivity index is 1.94. The minimum atomic E-state index is -2.98. The number of alkyl halides is 2. The Morgan fingerprint density at radius 1 is 1.10 bits per heavy atom. The molecule has 0 saturated carbocycles. The number of hydrogen-bond donors (Lipinski definition) is 0. The zero-order valence-corrected chi connectivity index (χ0v) is 16.9. The number of benzene rings is 2. The van der Waals surface area contributed by atoms with Gasteiger partial charge in [-0.1, -0.05) is 36.4 Å². The Labute approximate surface area is 173 Å². The maximum Gasteiger partial charge on any atom is 0.387 e. The second-order valence-corrected chi connectivity index (χ2v) is 6.38. The Bertz CT molecular complexity index is 886. The van der Waals surface area contributed by atoms with Crippen molar-refractivity contribution < 1.29 is 32.6 Å². The molecule has 0 aliphatic heterocycles. The van der Waals surface area contributed by atoms with E-state index < -0.39 is 18.7 Å². The molecule has 0 radical (unpaired) electrons. The summed E-state index contributed by atoms with van der Waals surface area (Å²) in [6, 6.07) is 13.7. The van der Waals surface area contributed by atoms with Crippen molar-refractivity contribution in [2.24, 2.45) is 0 Å². The first-order valence-corrected chi connectivity index (χ1v) is 9.10. The van der Waals surface area contributed by atoms with Crippen molar-refractivity contribution >= 4 is 18.0 Å². The lowest BCUT2D eigenvalue weighted by atomic mass is 10.2. The number of nitrogens with zero attached hydrogens (tertiary/aromatic N) is 1. The zero-order valence-electron chi connectivity index (χ0n) is 16.9. The largest absolute Gasteiger partial charge is 0.493 e. The van der Waals surface area contributed by atoms with Crippen molar-refractivity contribution in [2.75, 3.05) is 14.2 Å². The number of halogens is 2. The summed E-state index contributed by atoms with van der Waals surface area (Å²) in [5.74, 6) is -1.07. The standard InChI is InChI=1S/C22H23F2NO5/c1-15(21(27)25(2)14-17-7-5-4-6-8-17)29-20(26)12-10-16-9-11-18(30-22(23)24)19(13-16)28-3/h4-13,15,22H,14H2,1-3H3/b12-10+/t15-/m1/s1. The maximum absolute atomic E-state index is 12.4. The van der Waals surface area contributed by atoms with Crippen molar-refractivity contribution in [1.82, 2.24) is 4.90 Å². The first-order chi connectivity index (χ1) is 14.3. The molecular weight excluding hydrogens is 396 g/mol. The number of carbonyl (C=O) groups is 2. The molecule has 30 heavy (non-hydrogen) atoms. The topological polar surface area (TPSA) is 65.1 Å². The second-order valence-electron chi connectivity index (χ2n) is 6.38. The van der Waals surface area contributed by atoms with Crippen molar-refractivity contribution in [2.45, 2.75) is 26.2 Å². The molecule has 6 nitrogen and oxygen atoms in total. The van der Waals surface area contributed by atoms with E-state index in [0.29, 0.717) is 12.1 Å². The monoisotopic (exact) mass is 419 g/mol. The molecule has 2 rings (SSSR count). The number of rotatable bonds is 9. The van der Waals surface area contributed by atoms with Crippen LogP contribution in [-0.2, 0) is 20.9 Å². The van der Waals surface area contributed by atoms with Crippen LogP contribution in [0.25, 0.3) is 6.08 Å². The van der Waals surface area contributed by atoms with Crippen molar-refractivity contribution in [1.29, 1.82) is 0 Å². The van der Waals surface area contributed by atoms with Crippen molar-refractivity contribution in [3.8, 4) is 11.5 Å². The molecule has 0 heterocycles. The molecule has 0 fully saturated rings. The molecule has 2 aromatic carbocycles. The molecule has 160 valence electrons. The van der Waals surface area contributed by atoms with Crippen LogP contribution in [0.2, 0.25) is 0 Å². The third-order valence-corrected chi connectivity index (χ3v) is 4.10. The fourth-order valence-corrected chi connectivity index (χ4v) is 2.65. The van der Waals surface area contributed by atoms with E-state index in [1.54, 1.807) is 7.05 Å². The van der Waals surface area contributed by atoms with Gasteiger partial charge in [-0.3, -0.25) is 4.79 Å². The van der Waals surface area contributed by atoms with Gasteiger partial charge in [0.15, 0.2) is 17.6 Å². The first-order valence-electron chi connectivity index (χ1n) is 9.10. The van der Waals surface area contributed by atoms with E-state index in [2.05, 4.69) is 4.74 Å². The van der Waals surface area contributed by atoms with Gasteiger partial charge in [-0.15, -0.1) is 0 Å². The third-order valence-electron chi connectivity index (χ3n) is 4.10. The van der Waals surface area contributed by atoms with Crippen LogP contribution in [0.4, 0.5) is 8.78 Å². The molecule has 0 unspecified atom stereocenters. The highest BCUT2D eigenvalue weighted by atomic mass is 19.3. The van der Waals surface area contributed by atoms with E-state index >= 15 is 0 Å². The predicted molar refractivity (Wildman–Crippen MR) is 107 cm³/mol. The molecule has 0 spiro atoms. The van der Waals surface area contributed by atoms with Gasteiger partial charge < -0.3 is 19.1 Å². The summed E-state index contributed by atoms with van der Waals surface area (Å²) < 4.78 is 39.3. The van der Waals surface area contributed by atoms with Crippen molar-refractivity contribution in [3.05, 3.63) is 65.7 Å². The molecule has 0 aromatic heterocycles. The summed E-state index contributed by atoms with van der Waals surface area (Å²) in [5, 5.41) is 0. The van der Waals surface area contributed by atoms with E-state index in [9.17, 15) is 18.4 Å². The molecule has 2 aromatic rings. The highest BCUT2D eigenvalue weighted by molar-refractivity contribution is 5.90. The molecule has 8 heteroatoms. The minimum Gasteiger partial charge on any atom is -0.493 e. The lowest BCUT2D eigenvalue weighted by Crippen LogP contribution is -2.36. The number of esters is 1. The summed E-state index contributed by atoms with van der Waals surface area (Å²) in [6.07, 6.45) is 1.60. The molecule has 1 amide bonds. The number of amides is 1. The molecule has 0 N–H and O–H groups in total. The first kappa shape index (κ1) is 22.9. The summed E-state index contributed by atoms with van der Waals surface area (Å²) >= 11 is 0. The van der Waals surface area contributed by atoms with Gasteiger partial charge in [-0.05, 0) is 36.3 Å². The quantitative estimate of drug-likeness (QED) is 0.456. The van der Waals surface area contributed by atoms with E-state index in [0.717, 1.165) is 11.6 Å². The fourth-order valence-electron chi connectivity index (χ4n) is 2.65. The van der Waals surface area contributed by atoms with E-state index in [1.807, 2.05) is 30.3 Å². The molecule has 0 saturated heterocycles. The smallest absolute Gasteiger partial charge is 0.387 e. The molecular formula is C22H23F2NO5. The Morgan fingerprint density at radius 3 is 2.43 bits per heavy atom. The number of likely N-dealkylation sites (N-methyl/N-ethyl adjacent to an activating group) is 1. The van der Waals surface area contributed by atoms with E-state index in [1.165, 1.54) is 43.2 Å². The molecule has 0 bridgehead atoms. The lowest BCUT2D eigenvalue weighted by Gasteiger charge is -2.21. The number of methoxy groups -OCH3 is 1. The average Bonchev–Trinajstić information content (AvgIpc) is 2.72. The third kappa shape index (κ3) is 6.88.